The molecule has 2 aromatic heterocycles. The van der Waals surface area contributed by atoms with E-state index in [0.29, 0.717) is 53.5 Å². The average Bonchev–Trinajstić information content (AvgIpc) is 3.52. The van der Waals surface area contributed by atoms with Crippen molar-refractivity contribution < 1.29 is 32.9 Å². The third kappa shape index (κ3) is 5.34. The van der Waals surface area contributed by atoms with Crippen molar-refractivity contribution in [3.8, 4) is 39.2 Å². The number of anilines is 1. The number of hydrogen-bond donors (Lipinski definition) is 1. The van der Waals surface area contributed by atoms with Crippen LogP contribution in [0, 0.1) is 0 Å². The molecular formula is C27H26N2O7S. The van der Waals surface area contributed by atoms with Crippen molar-refractivity contribution in [2.45, 2.75) is 12.8 Å². The number of hydrogen-bond acceptors (Lipinski definition) is 9. The van der Waals surface area contributed by atoms with Gasteiger partial charge in [-0.3, -0.25) is 10.1 Å². The minimum absolute atomic E-state index is 0.175. The minimum Gasteiger partial charge on any atom is -0.496 e. The van der Waals surface area contributed by atoms with Gasteiger partial charge in [-0.1, -0.05) is 11.3 Å². The smallest absolute Gasteiger partial charge is 0.293 e. The van der Waals surface area contributed by atoms with Crippen LogP contribution >= 0.6 is 11.3 Å². The molecule has 0 radical (unpaired) electrons. The van der Waals surface area contributed by atoms with Gasteiger partial charge < -0.3 is 28.1 Å². The van der Waals surface area contributed by atoms with Crippen molar-refractivity contribution in [3.63, 3.8) is 0 Å². The highest BCUT2D eigenvalue weighted by Gasteiger charge is 2.19. The third-order valence-corrected chi connectivity index (χ3v) is 6.77. The first-order chi connectivity index (χ1) is 18.1. The molecule has 1 aliphatic rings. The summed E-state index contributed by atoms with van der Waals surface area (Å²) in [5.41, 5.74) is 1.72. The molecule has 0 atom stereocenters. The normalized spacial score (nSPS) is 12.5. The molecule has 0 unspecified atom stereocenters. The first-order valence-corrected chi connectivity index (χ1v) is 12.4. The number of benzene rings is 2. The maximum atomic E-state index is 12.8. The van der Waals surface area contributed by atoms with Gasteiger partial charge in [0.2, 0.25) is 0 Å². The lowest BCUT2D eigenvalue weighted by molar-refractivity contribution is 0.0995. The van der Waals surface area contributed by atoms with Gasteiger partial charge in [0.25, 0.3) is 5.91 Å². The third-order valence-electron chi connectivity index (χ3n) is 5.81. The molecule has 1 amide bonds. The molecule has 37 heavy (non-hydrogen) atoms. The number of nitrogens with zero attached hydrogens (tertiary/aromatic N) is 1. The molecule has 0 bridgehead atoms. The van der Waals surface area contributed by atoms with Crippen LogP contribution < -0.4 is 29.0 Å². The molecule has 3 heterocycles. The number of amides is 1. The number of fused-ring (bicyclic) bond motifs is 1. The number of methoxy groups -OCH3 is 3. The summed E-state index contributed by atoms with van der Waals surface area (Å²) in [7, 11) is 4.73. The van der Waals surface area contributed by atoms with Crippen LogP contribution in [0.1, 0.15) is 28.3 Å². The summed E-state index contributed by atoms with van der Waals surface area (Å²) in [6.07, 6.45) is 2.93. The number of aromatic nitrogens is 1. The van der Waals surface area contributed by atoms with Crippen LogP contribution in [0.3, 0.4) is 0 Å². The van der Waals surface area contributed by atoms with E-state index in [1.54, 1.807) is 51.8 Å². The Hall–Kier alpha value is -4.18. The van der Waals surface area contributed by atoms with Crippen LogP contribution in [0.5, 0.6) is 28.7 Å². The lowest BCUT2D eigenvalue weighted by atomic mass is 10.1. The summed E-state index contributed by atoms with van der Waals surface area (Å²) in [6, 6.07) is 12.7. The maximum Gasteiger partial charge on any atom is 0.293 e. The van der Waals surface area contributed by atoms with E-state index < -0.39 is 0 Å². The molecular weight excluding hydrogens is 496 g/mol. The van der Waals surface area contributed by atoms with Gasteiger partial charge in [-0.25, -0.2) is 4.98 Å². The number of carbonyl (C=O) groups excluding carboxylic acids is 1. The number of nitrogens with one attached hydrogen (secondary N) is 1. The quantitative estimate of drug-likeness (QED) is 0.327. The van der Waals surface area contributed by atoms with Gasteiger partial charge in [-0.05, 0) is 35.9 Å². The average molecular weight is 523 g/mol. The fraction of sp³-hybridized carbons (Fsp3) is 0.259. The molecule has 0 spiro atoms. The standard InChI is InChI=1S/C27H26N2O7S/c1-31-18-13-22(32-2)19(23(14-18)33-3)12-17-6-8-21(36-17)26(30)29-27-28-15-25(37-27)16-5-7-20-24(11-16)35-10-4-9-34-20/h5-8,11,13-15H,4,9-10,12H2,1-3H3,(H,28,29,30). The number of furan rings is 1. The summed E-state index contributed by atoms with van der Waals surface area (Å²) >= 11 is 1.36. The van der Waals surface area contributed by atoms with Crippen molar-refractivity contribution in [1.29, 1.82) is 0 Å². The molecule has 0 saturated heterocycles. The van der Waals surface area contributed by atoms with Crippen LogP contribution in [-0.4, -0.2) is 45.4 Å². The predicted octanol–water partition coefficient (Wildman–Crippen LogP) is 5.43. The summed E-state index contributed by atoms with van der Waals surface area (Å²) < 4.78 is 33.6. The summed E-state index contributed by atoms with van der Waals surface area (Å²) in [5, 5.41) is 3.27. The van der Waals surface area contributed by atoms with Crippen molar-refractivity contribution in [2.24, 2.45) is 0 Å². The van der Waals surface area contributed by atoms with E-state index in [1.807, 2.05) is 18.2 Å². The highest BCUT2D eigenvalue weighted by Crippen LogP contribution is 2.38. The molecule has 0 fully saturated rings. The van der Waals surface area contributed by atoms with Gasteiger partial charge in [-0.15, -0.1) is 0 Å². The Morgan fingerprint density at radius 3 is 2.46 bits per heavy atom. The van der Waals surface area contributed by atoms with E-state index >= 15 is 0 Å². The second-order valence-corrected chi connectivity index (χ2v) is 9.18. The molecule has 1 aliphatic heterocycles. The van der Waals surface area contributed by atoms with E-state index in [4.69, 9.17) is 28.1 Å². The van der Waals surface area contributed by atoms with Crippen LogP contribution in [0.2, 0.25) is 0 Å². The van der Waals surface area contributed by atoms with E-state index in [9.17, 15) is 4.79 Å². The molecule has 1 N–H and O–H groups in total. The molecule has 9 nitrogen and oxygen atoms in total. The molecule has 0 saturated carbocycles. The van der Waals surface area contributed by atoms with Crippen molar-refractivity contribution >= 4 is 22.4 Å². The summed E-state index contributed by atoms with van der Waals surface area (Å²) in [6.45, 7) is 1.25. The zero-order valence-corrected chi connectivity index (χ0v) is 21.5. The zero-order valence-electron chi connectivity index (χ0n) is 20.7. The van der Waals surface area contributed by atoms with Crippen molar-refractivity contribution in [3.05, 3.63) is 65.7 Å². The lowest BCUT2D eigenvalue weighted by Gasteiger charge is -2.14. The van der Waals surface area contributed by atoms with Gasteiger partial charge >= 0.3 is 0 Å². The molecule has 4 aromatic rings. The fourth-order valence-electron chi connectivity index (χ4n) is 3.96. The summed E-state index contributed by atoms with van der Waals surface area (Å²) in [4.78, 5) is 18.1. The highest BCUT2D eigenvalue weighted by atomic mass is 32.1. The van der Waals surface area contributed by atoms with Gasteiger partial charge in [0.05, 0.1) is 39.4 Å². The van der Waals surface area contributed by atoms with Gasteiger partial charge in [0.1, 0.15) is 23.0 Å². The van der Waals surface area contributed by atoms with Gasteiger partial charge in [0.15, 0.2) is 22.4 Å². The SMILES string of the molecule is COc1cc(OC)c(Cc2ccc(C(=O)Nc3ncc(-c4ccc5c(c4)OCCCO5)s3)o2)c(OC)c1. The lowest BCUT2D eigenvalue weighted by Crippen LogP contribution is -2.10. The van der Waals surface area contributed by atoms with Crippen LogP contribution in [0.4, 0.5) is 5.13 Å². The molecule has 10 heteroatoms. The number of carbonyl (C=O) groups is 1. The van der Waals surface area contributed by atoms with Crippen LogP contribution in [-0.2, 0) is 6.42 Å². The topological polar surface area (TPSA) is 101 Å². The molecule has 2 aromatic carbocycles. The Morgan fingerprint density at radius 1 is 0.973 bits per heavy atom. The Labute approximate surface area is 217 Å². The van der Waals surface area contributed by atoms with Crippen LogP contribution in [0.15, 0.2) is 53.1 Å². The van der Waals surface area contributed by atoms with E-state index in [-0.39, 0.29) is 11.7 Å². The Kier molecular flexibility index (Phi) is 7.18. The van der Waals surface area contributed by atoms with Gasteiger partial charge in [-0.2, -0.15) is 0 Å². The fourth-order valence-corrected chi connectivity index (χ4v) is 4.77. The Bertz CT molecular complexity index is 1390. The first-order valence-electron chi connectivity index (χ1n) is 11.6. The van der Waals surface area contributed by atoms with E-state index in [2.05, 4.69) is 10.3 Å². The second-order valence-electron chi connectivity index (χ2n) is 8.15. The molecule has 192 valence electrons. The van der Waals surface area contributed by atoms with E-state index in [1.165, 1.54) is 11.3 Å². The van der Waals surface area contributed by atoms with Crippen molar-refractivity contribution in [2.75, 3.05) is 39.9 Å². The number of ether oxygens (including phenoxy) is 5. The maximum absolute atomic E-state index is 12.8. The monoisotopic (exact) mass is 522 g/mol. The Balaban J connectivity index is 1.28. The largest absolute Gasteiger partial charge is 0.496 e. The first kappa shape index (κ1) is 24.5. The Morgan fingerprint density at radius 2 is 1.73 bits per heavy atom. The summed E-state index contributed by atoms with van der Waals surface area (Å²) in [5.74, 6) is 3.63. The number of thiazole rings is 1. The minimum atomic E-state index is -0.389. The van der Waals surface area contributed by atoms with E-state index in [0.717, 1.165) is 28.2 Å². The van der Waals surface area contributed by atoms with Crippen molar-refractivity contribution in [1.82, 2.24) is 4.98 Å². The second kappa shape index (κ2) is 10.8. The molecule has 5 rings (SSSR count). The zero-order chi connectivity index (χ0) is 25.8. The highest BCUT2D eigenvalue weighted by molar-refractivity contribution is 7.19. The van der Waals surface area contributed by atoms with Gasteiger partial charge in [0, 0.05) is 36.7 Å². The number of rotatable bonds is 8. The predicted molar refractivity (Wildman–Crippen MR) is 139 cm³/mol. The van der Waals surface area contributed by atoms with Crippen LogP contribution in [0.25, 0.3) is 10.4 Å². The molecule has 0 aliphatic carbocycles.